The van der Waals surface area contributed by atoms with E-state index < -0.39 is 0 Å². The monoisotopic (exact) mass is 670 g/mol. The van der Waals surface area contributed by atoms with Crippen molar-refractivity contribution in [3.05, 3.63) is 158 Å². The van der Waals surface area contributed by atoms with E-state index in [4.69, 9.17) is 19.4 Å². The summed E-state index contributed by atoms with van der Waals surface area (Å²) in [6, 6.07) is 54.8. The smallest absolute Gasteiger partial charge is 0.164 e. The van der Waals surface area contributed by atoms with E-state index in [1.165, 1.54) is 47.7 Å². The number of hydrogen-bond donors (Lipinski definition) is 0. The minimum absolute atomic E-state index is 0.611. The van der Waals surface area contributed by atoms with Crippen molar-refractivity contribution in [2.75, 3.05) is 0 Å². The molecule has 0 spiro atoms. The van der Waals surface area contributed by atoms with Gasteiger partial charge in [0.1, 0.15) is 11.2 Å². The summed E-state index contributed by atoms with van der Waals surface area (Å²) in [6.45, 7) is 0. The standard InChI is InChI=1S/C45H26N4OS/c1-3-13-27(14-4-1)43-46-44(28-15-5-2-6-16-28)48-45(47-43)32-20-12-24-38-41(32)34-25-33-31-19-11-23-37(42(31)51-40(33)26-39(34)50-38)49-35-21-9-7-17-29(35)30-18-8-10-22-36(30)49/h1-26H. The average molecular weight is 671 g/mol. The third kappa shape index (κ3) is 4.30. The first kappa shape index (κ1) is 28.2. The molecule has 5 nitrogen and oxygen atoms in total. The van der Waals surface area contributed by atoms with Crippen LogP contribution in [-0.4, -0.2) is 19.5 Å². The van der Waals surface area contributed by atoms with Crippen LogP contribution in [0.4, 0.5) is 0 Å². The molecule has 11 aromatic rings. The Balaban J connectivity index is 1.16. The van der Waals surface area contributed by atoms with Gasteiger partial charge in [-0.2, -0.15) is 0 Å². The lowest BCUT2D eigenvalue weighted by atomic mass is 10.0. The van der Waals surface area contributed by atoms with Gasteiger partial charge in [-0.25, -0.2) is 15.0 Å². The highest BCUT2D eigenvalue weighted by Gasteiger charge is 2.21. The van der Waals surface area contributed by atoms with E-state index in [1.54, 1.807) is 0 Å². The zero-order chi connectivity index (χ0) is 33.5. The predicted molar refractivity (Wildman–Crippen MR) is 211 cm³/mol. The number of furan rings is 1. The summed E-state index contributed by atoms with van der Waals surface area (Å²) in [6.07, 6.45) is 0. The van der Waals surface area contributed by atoms with Crippen LogP contribution in [0.3, 0.4) is 0 Å². The number of rotatable bonds is 4. The number of aromatic nitrogens is 4. The van der Waals surface area contributed by atoms with Gasteiger partial charge in [0.15, 0.2) is 17.5 Å². The van der Waals surface area contributed by atoms with Crippen LogP contribution >= 0.6 is 11.3 Å². The molecule has 4 heterocycles. The Labute approximate surface area is 295 Å². The highest BCUT2D eigenvalue weighted by atomic mass is 32.1. The molecule has 6 heteroatoms. The van der Waals surface area contributed by atoms with Crippen LogP contribution in [0.5, 0.6) is 0 Å². The number of nitrogens with zero attached hydrogens (tertiary/aromatic N) is 4. The number of hydrogen-bond acceptors (Lipinski definition) is 5. The molecular weight excluding hydrogens is 645 g/mol. The summed E-state index contributed by atoms with van der Waals surface area (Å²) < 4.78 is 11.4. The molecule has 11 rings (SSSR count). The second-order valence-electron chi connectivity index (χ2n) is 12.8. The molecule has 51 heavy (non-hydrogen) atoms. The van der Waals surface area contributed by atoms with Gasteiger partial charge in [-0.3, -0.25) is 0 Å². The van der Waals surface area contributed by atoms with Crippen LogP contribution in [0.2, 0.25) is 0 Å². The van der Waals surface area contributed by atoms with Gasteiger partial charge in [0.25, 0.3) is 0 Å². The molecule has 238 valence electrons. The SMILES string of the molecule is c1ccc(-c2nc(-c3ccccc3)nc(-c3cccc4oc5cc6sc7c(-n8c9ccccc9c9ccccc98)cccc7c6cc5c34)n2)cc1. The molecule has 4 aromatic heterocycles. The molecule has 0 aliphatic rings. The molecule has 7 aromatic carbocycles. The highest BCUT2D eigenvalue weighted by Crippen LogP contribution is 2.45. The molecule has 0 fully saturated rings. The van der Waals surface area contributed by atoms with E-state index in [0.717, 1.165) is 38.6 Å². The number of para-hydroxylation sites is 2. The second kappa shape index (κ2) is 10.9. The van der Waals surface area contributed by atoms with Crippen molar-refractivity contribution in [3.8, 4) is 39.9 Å². The average Bonchev–Trinajstić information content (AvgIpc) is 3.86. The Kier molecular flexibility index (Phi) is 6.05. The quantitative estimate of drug-likeness (QED) is 0.187. The molecular formula is C45H26N4OS. The number of fused-ring (bicyclic) bond motifs is 9. The molecule has 0 saturated carbocycles. The second-order valence-corrected chi connectivity index (χ2v) is 13.8. The summed E-state index contributed by atoms with van der Waals surface area (Å²) >= 11 is 1.81. The lowest BCUT2D eigenvalue weighted by molar-refractivity contribution is 0.669. The van der Waals surface area contributed by atoms with Crippen LogP contribution in [0.15, 0.2) is 162 Å². The van der Waals surface area contributed by atoms with Crippen LogP contribution in [0.1, 0.15) is 0 Å². The third-order valence-corrected chi connectivity index (χ3v) is 11.0. The fourth-order valence-electron chi connectivity index (χ4n) is 7.58. The molecule has 0 aliphatic carbocycles. The molecule has 0 amide bonds. The normalized spacial score (nSPS) is 11.9. The first-order valence-corrected chi connectivity index (χ1v) is 17.8. The summed E-state index contributed by atoms with van der Waals surface area (Å²) in [7, 11) is 0. The molecule has 0 unspecified atom stereocenters. The van der Waals surface area contributed by atoms with Gasteiger partial charge in [0, 0.05) is 53.7 Å². The minimum atomic E-state index is 0.611. The van der Waals surface area contributed by atoms with Gasteiger partial charge >= 0.3 is 0 Å². The molecule has 0 atom stereocenters. The van der Waals surface area contributed by atoms with E-state index in [1.807, 2.05) is 84.1 Å². The van der Waals surface area contributed by atoms with Crippen molar-refractivity contribution in [3.63, 3.8) is 0 Å². The maximum atomic E-state index is 6.60. The summed E-state index contributed by atoms with van der Waals surface area (Å²) in [5.41, 5.74) is 8.02. The van der Waals surface area contributed by atoms with Gasteiger partial charge in [-0.05, 0) is 36.4 Å². The first-order valence-electron chi connectivity index (χ1n) is 16.9. The zero-order valence-corrected chi connectivity index (χ0v) is 27.9. The summed E-state index contributed by atoms with van der Waals surface area (Å²) in [4.78, 5) is 15.0. The van der Waals surface area contributed by atoms with Gasteiger partial charge in [-0.15, -0.1) is 11.3 Å². The maximum absolute atomic E-state index is 6.60. The molecule has 0 saturated heterocycles. The molecule has 0 bridgehead atoms. The zero-order valence-electron chi connectivity index (χ0n) is 27.1. The molecule has 0 aliphatic heterocycles. The summed E-state index contributed by atoms with van der Waals surface area (Å²) in [5.74, 6) is 1.88. The van der Waals surface area contributed by atoms with Gasteiger partial charge < -0.3 is 8.98 Å². The van der Waals surface area contributed by atoms with E-state index >= 15 is 0 Å². The lowest BCUT2D eigenvalue weighted by Crippen LogP contribution is -2.00. The van der Waals surface area contributed by atoms with Gasteiger partial charge in [-0.1, -0.05) is 121 Å². The topological polar surface area (TPSA) is 56.7 Å². The fourth-order valence-corrected chi connectivity index (χ4v) is 8.79. The van der Waals surface area contributed by atoms with E-state index in [9.17, 15) is 0 Å². The van der Waals surface area contributed by atoms with E-state index in [2.05, 4.69) is 89.5 Å². The van der Waals surface area contributed by atoms with Crippen LogP contribution in [0.25, 0.3) is 104 Å². The summed E-state index contributed by atoms with van der Waals surface area (Å²) in [5, 5.41) is 6.97. The molecule has 0 N–H and O–H groups in total. The maximum Gasteiger partial charge on any atom is 0.164 e. The Hall–Kier alpha value is -6.63. The number of thiophene rings is 1. The van der Waals surface area contributed by atoms with Crippen molar-refractivity contribution in [1.29, 1.82) is 0 Å². The highest BCUT2D eigenvalue weighted by molar-refractivity contribution is 7.26. The van der Waals surface area contributed by atoms with Crippen LogP contribution in [-0.2, 0) is 0 Å². The van der Waals surface area contributed by atoms with Crippen molar-refractivity contribution in [1.82, 2.24) is 19.5 Å². The minimum Gasteiger partial charge on any atom is -0.456 e. The van der Waals surface area contributed by atoms with Crippen molar-refractivity contribution < 1.29 is 4.42 Å². The third-order valence-electron chi connectivity index (χ3n) is 9.85. The van der Waals surface area contributed by atoms with E-state index in [-0.39, 0.29) is 0 Å². The Bertz CT molecular complexity index is 3030. The van der Waals surface area contributed by atoms with Crippen molar-refractivity contribution in [2.45, 2.75) is 0 Å². The van der Waals surface area contributed by atoms with Gasteiger partial charge in [0.2, 0.25) is 0 Å². The van der Waals surface area contributed by atoms with Gasteiger partial charge in [0.05, 0.1) is 21.4 Å². The van der Waals surface area contributed by atoms with Crippen LogP contribution < -0.4 is 0 Å². The van der Waals surface area contributed by atoms with Crippen molar-refractivity contribution in [2.24, 2.45) is 0 Å². The fraction of sp³-hybridized carbons (Fsp3) is 0. The first-order chi connectivity index (χ1) is 25.3. The van der Waals surface area contributed by atoms with Crippen molar-refractivity contribution >= 4 is 75.3 Å². The Morgan fingerprint density at radius 3 is 1.73 bits per heavy atom. The number of benzene rings is 7. The largest absolute Gasteiger partial charge is 0.456 e. The molecule has 0 radical (unpaired) electrons. The van der Waals surface area contributed by atoms with Crippen LogP contribution in [0, 0.1) is 0 Å². The Morgan fingerprint density at radius 1 is 0.451 bits per heavy atom. The Morgan fingerprint density at radius 2 is 1.04 bits per heavy atom. The van der Waals surface area contributed by atoms with E-state index in [0.29, 0.717) is 17.5 Å². The lowest BCUT2D eigenvalue weighted by Gasteiger charge is -2.09. The predicted octanol–water partition coefficient (Wildman–Crippen LogP) is 12.2.